The molecule has 0 aliphatic heterocycles. The summed E-state index contributed by atoms with van der Waals surface area (Å²) < 4.78 is 0. The summed E-state index contributed by atoms with van der Waals surface area (Å²) >= 11 is 4.26. The smallest absolute Gasteiger partial charge is 0.0153 e. The maximum Gasteiger partial charge on any atom is -0.0153 e. The first kappa shape index (κ1) is 9.14. The van der Waals surface area contributed by atoms with Crippen LogP contribution in [0.4, 0.5) is 0 Å². The molecule has 2 saturated carbocycles. The molecule has 0 heterocycles. The Hall–Kier alpha value is -0.430. The first-order valence-electron chi connectivity index (χ1n) is 4.95. The van der Waals surface area contributed by atoms with E-state index in [1.54, 1.807) is 0 Å². The van der Waals surface area contributed by atoms with Crippen molar-refractivity contribution in [2.24, 2.45) is 11.8 Å². The van der Waals surface area contributed by atoms with Crippen molar-refractivity contribution in [2.75, 3.05) is 0 Å². The third-order valence-electron chi connectivity index (χ3n) is 3.24. The van der Waals surface area contributed by atoms with Gasteiger partial charge in [-0.2, -0.15) is 0 Å². The molecular weight excluding hydrogens is 176 g/mol. The summed E-state index contributed by atoms with van der Waals surface area (Å²) in [7, 11) is 0. The molecule has 0 spiro atoms. The van der Waals surface area contributed by atoms with Gasteiger partial charge in [0.1, 0.15) is 0 Å². The van der Waals surface area contributed by atoms with Gasteiger partial charge in [0.25, 0.3) is 0 Å². The fourth-order valence-electron chi connectivity index (χ4n) is 2.53. The van der Waals surface area contributed by atoms with Crippen molar-refractivity contribution in [1.82, 2.24) is 0 Å². The molecule has 0 nitrogen and oxygen atoms in total. The van der Waals surface area contributed by atoms with Crippen LogP contribution < -0.4 is 0 Å². The summed E-state index contributed by atoms with van der Waals surface area (Å²) in [5.74, 6) is 1.60. The normalized spacial score (nSPS) is 36.3. The lowest BCUT2D eigenvalue weighted by molar-refractivity contribution is 0.656. The molecular formula is C12H16S. The van der Waals surface area contributed by atoms with Gasteiger partial charge in [-0.15, -0.1) is 12.6 Å². The molecule has 0 saturated heterocycles. The Morgan fingerprint density at radius 3 is 2.69 bits per heavy atom. The highest BCUT2D eigenvalue weighted by molar-refractivity contribution is 7.84. The fourth-order valence-corrected chi connectivity index (χ4v) is 2.61. The highest BCUT2D eigenvalue weighted by Crippen LogP contribution is 2.50. The minimum atomic E-state index is 0.796. The van der Waals surface area contributed by atoms with Gasteiger partial charge >= 0.3 is 0 Å². The molecule has 13 heavy (non-hydrogen) atoms. The van der Waals surface area contributed by atoms with E-state index in [9.17, 15) is 0 Å². The van der Waals surface area contributed by atoms with Crippen molar-refractivity contribution in [3.05, 3.63) is 34.8 Å². The summed E-state index contributed by atoms with van der Waals surface area (Å²) in [6.07, 6.45) is 8.39. The first-order valence-corrected chi connectivity index (χ1v) is 5.40. The second-order valence-electron chi connectivity index (χ2n) is 4.16. The predicted octanol–water partition coefficient (Wildman–Crippen LogP) is 3.73. The lowest BCUT2D eigenvalue weighted by Crippen LogP contribution is -2.00. The van der Waals surface area contributed by atoms with Gasteiger partial charge in [0.05, 0.1) is 0 Å². The topological polar surface area (TPSA) is 0 Å². The third kappa shape index (κ3) is 1.62. The lowest BCUT2D eigenvalue weighted by Gasteiger charge is -2.15. The minimum absolute atomic E-state index is 0.796. The Balaban J connectivity index is 2.21. The monoisotopic (exact) mass is 192 g/mol. The maximum absolute atomic E-state index is 4.26. The minimum Gasteiger partial charge on any atom is -0.148 e. The highest BCUT2D eigenvalue weighted by atomic mass is 32.1. The second kappa shape index (κ2) is 3.38. The number of fused-ring (bicyclic) bond motifs is 2. The quantitative estimate of drug-likeness (QED) is 0.601. The molecule has 0 aromatic heterocycles. The lowest BCUT2D eigenvalue weighted by atomic mass is 9.90. The summed E-state index contributed by atoms with van der Waals surface area (Å²) in [5, 5.41) is 0. The molecule has 2 rings (SSSR count). The molecule has 2 unspecified atom stereocenters. The van der Waals surface area contributed by atoms with Crippen molar-refractivity contribution < 1.29 is 0 Å². The van der Waals surface area contributed by atoms with Crippen LogP contribution in [0.15, 0.2) is 34.8 Å². The summed E-state index contributed by atoms with van der Waals surface area (Å²) in [6, 6.07) is 0. The van der Waals surface area contributed by atoms with Crippen LogP contribution in [0.2, 0.25) is 0 Å². The van der Waals surface area contributed by atoms with Crippen LogP contribution in [0.5, 0.6) is 0 Å². The van der Waals surface area contributed by atoms with Crippen molar-refractivity contribution in [2.45, 2.75) is 26.2 Å². The van der Waals surface area contributed by atoms with Gasteiger partial charge in [0.2, 0.25) is 0 Å². The van der Waals surface area contributed by atoms with E-state index < -0.39 is 0 Å². The third-order valence-corrected chi connectivity index (χ3v) is 3.39. The van der Waals surface area contributed by atoms with Crippen LogP contribution in [0, 0.1) is 11.8 Å². The van der Waals surface area contributed by atoms with Gasteiger partial charge in [0, 0.05) is 0 Å². The van der Waals surface area contributed by atoms with Crippen LogP contribution >= 0.6 is 12.6 Å². The Morgan fingerprint density at radius 2 is 2.15 bits per heavy atom. The Kier molecular flexibility index (Phi) is 2.37. The van der Waals surface area contributed by atoms with Gasteiger partial charge in [0.15, 0.2) is 0 Å². The average molecular weight is 192 g/mol. The largest absolute Gasteiger partial charge is 0.148 e. The van der Waals surface area contributed by atoms with E-state index in [1.807, 2.05) is 6.92 Å². The molecule has 1 heteroatoms. The fraction of sp³-hybridized carbons (Fsp3) is 0.500. The summed E-state index contributed by atoms with van der Waals surface area (Å²) in [5.41, 5.74) is 2.88. The summed E-state index contributed by atoms with van der Waals surface area (Å²) in [4.78, 5) is 1.07. The van der Waals surface area contributed by atoms with Gasteiger partial charge < -0.3 is 0 Å². The molecule has 0 aromatic carbocycles. The summed E-state index contributed by atoms with van der Waals surface area (Å²) in [6.45, 7) is 6.18. The van der Waals surface area contributed by atoms with E-state index in [4.69, 9.17) is 0 Å². The predicted molar refractivity (Wildman–Crippen MR) is 60.8 cm³/mol. The maximum atomic E-state index is 4.26. The molecule has 2 fully saturated rings. The molecule has 0 amide bonds. The van der Waals surface area contributed by atoms with Crippen molar-refractivity contribution in [1.29, 1.82) is 0 Å². The van der Waals surface area contributed by atoms with Crippen molar-refractivity contribution >= 4 is 12.6 Å². The van der Waals surface area contributed by atoms with E-state index in [-0.39, 0.29) is 0 Å². The standard InChI is InChI=1S/C12H16S/c1-8(13)3-6-12-9(2)10-4-5-11(12)7-10/h3,6,10-11,13H,2,4-5,7H2,1H3/b8-3+,12-6+. The van der Waals surface area contributed by atoms with E-state index in [0.717, 1.165) is 16.7 Å². The molecule has 0 aromatic rings. The molecule has 2 aliphatic rings. The molecule has 2 bridgehead atoms. The van der Waals surface area contributed by atoms with Crippen LogP contribution in [-0.2, 0) is 0 Å². The number of thiol groups is 1. The molecule has 2 aliphatic carbocycles. The zero-order chi connectivity index (χ0) is 9.42. The van der Waals surface area contributed by atoms with Gasteiger partial charge in [-0.1, -0.05) is 18.7 Å². The second-order valence-corrected chi connectivity index (χ2v) is 4.87. The number of hydrogen-bond acceptors (Lipinski definition) is 1. The van der Waals surface area contributed by atoms with E-state index >= 15 is 0 Å². The van der Waals surface area contributed by atoms with Gasteiger partial charge in [-0.25, -0.2) is 0 Å². The molecule has 70 valence electrons. The van der Waals surface area contributed by atoms with Crippen LogP contribution in [0.25, 0.3) is 0 Å². The van der Waals surface area contributed by atoms with E-state index in [2.05, 4.69) is 31.4 Å². The van der Waals surface area contributed by atoms with Crippen LogP contribution in [0.1, 0.15) is 26.2 Å². The molecule has 0 radical (unpaired) electrons. The average Bonchev–Trinajstić information content (AvgIpc) is 2.61. The molecule has 0 N–H and O–H groups in total. The zero-order valence-electron chi connectivity index (χ0n) is 8.09. The number of hydrogen-bond donors (Lipinski definition) is 1. The Bertz CT molecular complexity index is 292. The van der Waals surface area contributed by atoms with E-state index in [0.29, 0.717) is 0 Å². The van der Waals surface area contributed by atoms with Crippen LogP contribution in [0.3, 0.4) is 0 Å². The Labute approximate surface area is 85.8 Å². The van der Waals surface area contributed by atoms with Crippen molar-refractivity contribution in [3.63, 3.8) is 0 Å². The molecule has 2 atom stereocenters. The first-order chi connectivity index (χ1) is 6.18. The van der Waals surface area contributed by atoms with Crippen LogP contribution in [-0.4, -0.2) is 0 Å². The number of allylic oxidation sites excluding steroid dienone is 5. The number of rotatable bonds is 1. The highest BCUT2D eigenvalue weighted by Gasteiger charge is 2.37. The zero-order valence-corrected chi connectivity index (χ0v) is 8.98. The SMILES string of the molecule is C=C1/C(=C\C=C(/C)S)C2CCC1C2. The van der Waals surface area contributed by atoms with Gasteiger partial charge in [-0.3, -0.25) is 0 Å². The Morgan fingerprint density at radius 1 is 1.46 bits per heavy atom. The van der Waals surface area contributed by atoms with E-state index in [1.165, 1.54) is 30.4 Å². The van der Waals surface area contributed by atoms with Gasteiger partial charge in [-0.05, 0) is 54.1 Å². The van der Waals surface area contributed by atoms with Crippen molar-refractivity contribution in [3.8, 4) is 0 Å².